The molecule has 18 heavy (non-hydrogen) atoms. The second kappa shape index (κ2) is 4.66. The molecule has 1 atom stereocenters. The predicted molar refractivity (Wildman–Crippen MR) is 68.2 cm³/mol. The molecule has 1 unspecified atom stereocenters. The van der Waals surface area contributed by atoms with Gasteiger partial charge in [0.25, 0.3) is 0 Å². The first-order valence-corrected chi connectivity index (χ1v) is 6.42. The van der Waals surface area contributed by atoms with Crippen LogP contribution in [0.4, 0.5) is 0 Å². The zero-order valence-corrected chi connectivity index (χ0v) is 10.5. The van der Waals surface area contributed by atoms with Crippen LogP contribution < -0.4 is 5.32 Å². The van der Waals surface area contributed by atoms with E-state index < -0.39 is 0 Å². The smallest absolute Gasteiger partial charge is 0.155 e. The standard InChI is InChI=1S/C13H18N4O/c1-9-4-13-15-6-10(8-17(13)16-9)5-14-7-12(18)11-2-3-11/h4,6,8,11-12,14,18H,2-3,5,7H2,1H3. The summed E-state index contributed by atoms with van der Waals surface area (Å²) in [7, 11) is 0. The van der Waals surface area contributed by atoms with Crippen LogP contribution in [0.15, 0.2) is 18.5 Å². The Morgan fingerprint density at radius 3 is 3.17 bits per heavy atom. The number of hydrogen-bond acceptors (Lipinski definition) is 4. The molecule has 0 aromatic carbocycles. The number of rotatable bonds is 5. The molecule has 2 aromatic heterocycles. The molecule has 0 amide bonds. The van der Waals surface area contributed by atoms with Gasteiger partial charge in [0.15, 0.2) is 5.65 Å². The highest BCUT2D eigenvalue weighted by Crippen LogP contribution is 2.32. The number of aliphatic hydroxyl groups excluding tert-OH is 1. The van der Waals surface area contributed by atoms with E-state index in [2.05, 4.69) is 15.4 Å². The van der Waals surface area contributed by atoms with Crippen LogP contribution in [-0.4, -0.2) is 32.4 Å². The van der Waals surface area contributed by atoms with Crippen molar-refractivity contribution >= 4 is 5.65 Å². The maximum atomic E-state index is 9.75. The van der Waals surface area contributed by atoms with E-state index in [0.29, 0.717) is 19.0 Å². The summed E-state index contributed by atoms with van der Waals surface area (Å²) in [6.45, 7) is 3.32. The van der Waals surface area contributed by atoms with Gasteiger partial charge in [-0.05, 0) is 25.7 Å². The lowest BCUT2D eigenvalue weighted by Gasteiger charge is -2.10. The topological polar surface area (TPSA) is 62.5 Å². The minimum atomic E-state index is -0.200. The number of aliphatic hydroxyl groups is 1. The first-order chi connectivity index (χ1) is 8.72. The third-order valence-electron chi connectivity index (χ3n) is 3.34. The highest BCUT2D eigenvalue weighted by atomic mass is 16.3. The van der Waals surface area contributed by atoms with Gasteiger partial charge in [-0.2, -0.15) is 5.10 Å². The van der Waals surface area contributed by atoms with E-state index in [1.807, 2.05) is 25.4 Å². The number of aromatic nitrogens is 3. The molecular formula is C13H18N4O. The van der Waals surface area contributed by atoms with E-state index in [1.54, 1.807) is 4.52 Å². The van der Waals surface area contributed by atoms with E-state index >= 15 is 0 Å². The van der Waals surface area contributed by atoms with Crippen LogP contribution in [0, 0.1) is 12.8 Å². The van der Waals surface area contributed by atoms with Gasteiger partial charge in [-0.1, -0.05) is 0 Å². The summed E-state index contributed by atoms with van der Waals surface area (Å²) < 4.78 is 1.80. The van der Waals surface area contributed by atoms with Gasteiger partial charge in [-0.15, -0.1) is 0 Å². The Hall–Kier alpha value is -1.46. The fraction of sp³-hybridized carbons (Fsp3) is 0.538. The Bertz CT molecular complexity index is 547. The zero-order valence-electron chi connectivity index (χ0n) is 10.5. The molecule has 1 fully saturated rings. The lowest BCUT2D eigenvalue weighted by Crippen LogP contribution is -2.27. The molecule has 0 saturated heterocycles. The molecule has 3 rings (SSSR count). The van der Waals surface area contributed by atoms with Gasteiger partial charge < -0.3 is 10.4 Å². The molecule has 2 N–H and O–H groups in total. The fourth-order valence-corrected chi connectivity index (χ4v) is 2.14. The zero-order chi connectivity index (χ0) is 12.5. The largest absolute Gasteiger partial charge is 0.392 e. The van der Waals surface area contributed by atoms with Crippen molar-refractivity contribution in [2.75, 3.05) is 6.54 Å². The van der Waals surface area contributed by atoms with Crippen molar-refractivity contribution in [2.24, 2.45) is 5.92 Å². The molecule has 0 spiro atoms. The van der Waals surface area contributed by atoms with E-state index in [4.69, 9.17) is 0 Å². The lowest BCUT2D eigenvalue weighted by molar-refractivity contribution is 0.148. The number of nitrogens with zero attached hydrogens (tertiary/aromatic N) is 3. The summed E-state index contributed by atoms with van der Waals surface area (Å²) in [6, 6.07) is 1.95. The van der Waals surface area contributed by atoms with Gasteiger partial charge >= 0.3 is 0 Å². The molecule has 5 nitrogen and oxygen atoms in total. The van der Waals surface area contributed by atoms with Crippen molar-refractivity contribution in [1.29, 1.82) is 0 Å². The first-order valence-electron chi connectivity index (χ1n) is 6.42. The van der Waals surface area contributed by atoms with Crippen LogP contribution in [-0.2, 0) is 6.54 Å². The minimum Gasteiger partial charge on any atom is -0.392 e. The van der Waals surface area contributed by atoms with Gasteiger partial charge in [0.1, 0.15) is 0 Å². The quantitative estimate of drug-likeness (QED) is 0.822. The SMILES string of the molecule is Cc1cc2ncc(CNCC(O)C3CC3)cn2n1. The average molecular weight is 246 g/mol. The summed E-state index contributed by atoms with van der Waals surface area (Å²) in [4.78, 5) is 4.35. The summed E-state index contributed by atoms with van der Waals surface area (Å²) in [5.74, 6) is 0.520. The molecule has 0 bridgehead atoms. The molecule has 2 heterocycles. The third kappa shape index (κ3) is 2.52. The summed E-state index contributed by atoms with van der Waals surface area (Å²) >= 11 is 0. The van der Waals surface area contributed by atoms with Crippen molar-refractivity contribution in [3.63, 3.8) is 0 Å². The first kappa shape index (κ1) is 11.6. The van der Waals surface area contributed by atoms with Crippen molar-refractivity contribution < 1.29 is 5.11 Å². The fourth-order valence-electron chi connectivity index (χ4n) is 2.14. The number of hydrogen-bond donors (Lipinski definition) is 2. The van der Waals surface area contributed by atoms with Gasteiger partial charge in [0.2, 0.25) is 0 Å². The molecule has 5 heteroatoms. The van der Waals surface area contributed by atoms with Gasteiger partial charge in [0, 0.05) is 37.1 Å². The highest BCUT2D eigenvalue weighted by molar-refractivity contribution is 5.38. The van der Waals surface area contributed by atoms with Crippen LogP contribution in [0.5, 0.6) is 0 Å². The Labute approximate surface area is 106 Å². The molecule has 1 saturated carbocycles. The summed E-state index contributed by atoms with van der Waals surface area (Å²) in [6.07, 6.45) is 5.97. The van der Waals surface area contributed by atoms with Crippen molar-refractivity contribution in [1.82, 2.24) is 19.9 Å². The molecule has 0 aliphatic heterocycles. The monoisotopic (exact) mass is 246 g/mol. The molecule has 2 aromatic rings. The maximum Gasteiger partial charge on any atom is 0.155 e. The van der Waals surface area contributed by atoms with Gasteiger partial charge in [-0.25, -0.2) is 9.50 Å². The average Bonchev–Trinajstić information content (AvgIpc) is 3.11. The van der Waals surface area contributed by atoms with Crippen LogP contribution in [0.1, 0.15) is 24.1 Å². The molecule has 96 valence electrons. The number of fused-ring (bicyclic) bond motifs is 1. The molecular weight excluding hydrogens is 228 g/mol. The number of aryl methyl sites for hydroxylation is 1. The van der Waals surface area contributed by atoms with E-state index in [0.717, 1.165) is 16.9 Å². The maximum absolute atomic E-state index is 9.75. The Morgan fingerprint density at radius 2 is 2.39 bits per heavy atom. The summed E-state index contributed by atoms with van der Waals surface area (Å²) in [5.41, 5.74) is 2.92. The normalized spacial score (nSPS) is 17.2. The van der Waals surface area contributed by atoms with E-state index in [9.17, 15) is 5.11 Å². The summed E-state index contributed by atoms with van der Waals surface area (Å²) in [5, 5.41) is 17.3. The number of nitrogens with one attached hydrogen (secondary N) is 1. The Balaban J connectivity index is 1.59. The Kier molecular flexibility index (Phi) is 3.01. The second-order valence-electron chi connectivity index (χ2n) is 5.09. The predicted octanol–water partition coefficient (Wildman–Crippen LogP) is 0.898. The second-order valence-corrected chi connectivity index (χ2v) is 5.09. The van der Waals surface area contributed by atoms with Gasteiger partial charge in [0.05, 0.1) is 11.8 Å². The van der Waals surface area contributed by atoms with E-state index in [-0.39, 0.29) is 6.10 Å². The highest BCUT2D eigenvalue weighted by Gasteiger charge is 2.28. The van der Waals surface area contributed by atoms with Crippen LogP contribution in [0.2, 0.25) is 0 Å². The van der Waals surface area contributed by atoms with Gasteiger partial charge in [-0.3, -0.25) is 0 Å². The van der Waals surface area contributed by atoms with Crippen molar-refractivity contribution in [3.8, 4) is 0 Å². The van der Waals surface area contributed by atoms with Crippen molar-refractivity contribution in [2.45, 2.75) is 32.4 Å². The Morgan fingerprint density at radius 1 is 1.56 bits per heavy atom. The molecule has 0 radical (unpaired) electrons. The minimum absolute atomic E-state index is 0.200. The lowest BCUT2D eigenvalue weighted by atomic mass is 10.2. The molecule has 1 aliphatic carbocycles. The van der Waals surface area contributed by atoms with Crippen molar-refractivity contribution in [3.05, 3.63) is 29.7 Å². The third-order valence-corrected chi connectivity index (χ3v) is 3.34. The van der Waals surface area contributed by atoms with Crippen LogP contribution in [0.3, 0.4) is 0 Å². The molecule has 1 aliphatic rings. The van der Waals surface area contributed by atoms with E-state index in [1.165, 1.54) is 12.8 Å². The van der Waals surface area contributed by atoms with Crippen LogP contribution in [0.25, 0.3) is 5.65 Å². The van der Waals surface area contributed by atoms with Crippen LogP contribution >= 0.6 is 0 Å².